The number of alkyl halides is 3. The molecule has 0 amide bonds. The fraction of sp³-hybridized carbons (Fsp3) is 0.385. The van der Waals surface area contributed by atoms with E-state index in [0.717, 1.165) is 25.0 Å². The molecular weight excluding hydrogens is 303 g/mol. The van der Waals surface area contributed by atoms with Crippen LogP contribution in [-0.4, -0.2) is 10.1 Å². The summed E-state index contributed by atoms with van der Waals surface area (Å²) in [6.07, 6.45) is -2.74. The second-order valence-corrected chi connectivity index (χ2v) is 5.41. The first kappa shape index (κ1) is 15.7. The molecule has 2 aromatic rings. The van der Waals surface area contributed by atoms with Crippen molar-refractivity contribution in [1.82, 2.24) is 10.1 Å². The average Bonchev–Trinajstić information content (AvgIpc) is 2.84. The number of thioether (sulfide) groups is 1. The maximum atomic E-state index is 12.5. The van der Waals surface area contributed by atoms with E-state index in [9.17, 15) is 13.2 Å². The zero-order valence-corrected chi connectivity index (χ0v) is 12.1. The number of rotatable bonds is 5. The third kappa shape index (κ3) is 4.13. The molecule has 0 radical (unpaired) electrons. The maximum Gasteiger partial charge on any atom is 0.416 e. The molecule has 0 saturated carbocycles. The van der Waals surface area contributed by atoms with E-state index in [0.29, 0.717) is 22.4 Å². The molecule has 1 aromatic carbocycles. The molecule has 0 unspecified atom stereocenters. The van der Waals surface area contributed by atoms with E-state index >= 15 is 0 Å². The number of anilines is 1. The molecule has 1 heterocycles. The number of hydrogen-bond donors (Lipinski definition) is 1. The van der Waals surface area contributed by atoms with Crippen LogP contribution in [0.4, 0.5) is 18.9 Å². The van der Waals surface area contributed by atoms with Gasteiger partial charge in [0.25, 0.3) is 0 Å². The minimum absolute atomic E-state index is 0.0862. The highest BCUT2D eigenvalue weighted by molar-refractivity contribution is 7.98. The summed E-state index contributed by atoms with van der Waals surface area (Å²) in [6.45, 7) is 2.01. The van der Waals surface area contributed by atoms with Crippen LogP contribution in [0.2, 0.25) is 0 Å². The largest absolute Gasteiger partial charge is 0.416 e. The quantitative estimate of drug-likeness (QED) is 0.669. The number of hydrogen-bond acceptors (Lipinski definition) is 5. The highest BCUT2D eigenvalue weighted by Gasteiger charge is 2.30. The molecule has 0 aliphatic rings. The van der Waals surface area contributed by atoms with Gasteiger partial charge in [-0.3, -0.25) is 0 Å². The molecular formula is C13H14F3N3OS. The Labute approximate surface area is 123 Å². The van der Waals surface area contributed by atoms with Gasteiger partial charge in [0.05, 0.1) is 11.3 Å². The van der Waals surface area contributed by atoms with E-state index in [1.807, 2.05) is 6.92 Å². The first-order valence-electron chi connectivity index (χ1n) is 6.31. The molecule has 0 saturated heterocycles. The molecule has 0 aliphatic heterocycles. The van der Waals surface area contributed by atoms with Gasteiger partial charge >= 0.3 is 6.18 Å². The number of nitrogen functional groups attached to an aromatic ring is 1. The van der Waals surface area contributed by atoms with Gasteiger partial charge in [0, 0.05) is 17.0 Å². The molecule has 0 atom stereocenters. The summed E-state index contributed by atoms with van der Waals surface area (Å²) in [6, 6.07) is 3.29. The van der Waals surface area contributed by atoms with E-state index < -0.39 is 11.7 Å². The first-order valence-corrected chi connectivity index (χ1v) is 7.29. The van der Waals surface area contributed by atoms with E-state index in [1.165, 1.54) is 17.8 Å². The third-order valence-corrected chi connectivity index (χ3v) is 3.75. The zero-order valence-electron chi connectivity index (χ0n) is 11.3. The number of aryl methyl sites for hydroxylation is 1. The summed E-state index contributed by atoms with van der Waals surface area (Å²) < 4.78 is 42.6. The molecule has 8 heteroatoms. The molecule has 21 heavy (non-hydrogen) atoms. The van der Waals surface area contributed by atoms with Gasteiger partial charge in [0.2, 0.25) is 5.89 Å². The lowest BCUT2D eigenvalue weighted by atomic mass is 10.2. The highest BCUT2D eigenvalue weighted by atomic mass is 32.2. The standard InChI is InChI=1S/C13H14F3N3OS/c1-2-3-11-18-12(20-19-11)7-21-10-5-4-8(6-9(10)17)13(14,15)16/h4-6H,2-3,7,17H2,1H3. The number of nitrogens with zero attached hydrogens (tertiary/aromatic N) is 2. The predicted octanol–water partition coefficient (Wildman–Crippen LogP) is 3.92. The Morgan fingerprint density at radius 2 is 2.10 bits per heavy atom. The van der Waals surface area contributed by atoms with Crippen molar-refractivity contribution in [3.05, 3.63) is 35.5 Å². The lowest BCUT2D eigenvalue weighted by molar-refractivity contribution is -0.137. The van der Waals surface area contributed by atoms with Gasteiger partial charge in [-0.25, -0.2) is 0 Å². The molecule has 0 bridgehead atoms. The first-order chi connectivity index (χ1) is 9.90. The van der Waals surface area contributed by atoms with E-state index in [-0.39, 0.29) is 5.69 Å². The topological polar surface area (TPSA) is 64.9 Å². The SMILES string of the molecule is CCCc1noc(CSc2ccc(C(F)(F)F)cc2N)n1. The summed E-state index contributed by atoms with van der Waals surface area (Å²) in [5.74, 6) is 1.43. The van der Waals surface area contributed by atoms with Gasteiger partial charge in [-0.05, 0) is 24.6 Å². The second-order valence-electron chi connectivity index (χ2n) is 4.39. The van der Waals surface area contributed by atoms with Gasteiger partial charge in [0.15, 0.2) is 5.82 Å². The molecule has 0 aliphatic carbocycles. The van der Waals surface area contributed by atoms with E-state index in [2.05, 4.69) is 10.1 Å². The minimum atomic E-state index is -4.39. The number of benzene rings is 1. The third-order valence-electron chi connectivity index (χ3n) is 2.67. The lowest BCUT2D eigenvalue weighted by Crippen LogP contribution is -2.05. The van der Waals surface area contributed by atoms with Crippen LogP contribution in [-0.2, 0) is 18.3 Å². The van der Waals surface area contributed by atoms with Gasteiger partial charge in [-0.1, -0.05) is 12.1 Å². The predicted molar refractivity (Wildman–Crippen MR) is 73.7 cm³/mol. The van der Waals surface area contributed by atoms with Crippen molar-refractivity contribution in [2.45, 2.75) is 36.6 Å². The highest BCUT2D eigenvalue weighted by Crippen LogP contribution is 2.35. The van der Waals surface area contributed by atoms with E-state index in [1.54, 1.807) is 0 Å². The summed E-state index contributed by atoms with van der Waals surface area (Å²) in [5.41, 5.74) is 4.98. The molecule has 4 nitrogen and oxygen atoms in total. The number of halogens is 3. The molecule has 0 spiro atoms. The fourth-order valence-corrected chi connectivity index (χ4v) is 2.46. The Morgan fingerprint density at radius 1 is 1.33 bits per heavy atom. The molecule has 1 aromatic heterocycles. The van der Waals surface area contributed by atoms with Crippen LogP contribution >= 0.6 is 11.8 Å². The Hall–Kier alpha value is -1.70. The fourth-order valence-electron chi connectivity index (χ4n) is 1.67. The molecule has 0 fully saturated rings. The van der Waals surface area contributed by atoms with Gasteiger partial charge in [0.1, 0.15) is 0 Å². The van der Waals surface area contributed by atoms with Crippen LogP contribution in [0.1, 0.15) is 30.6 Å². The Balaban J connectivity index is 2.02. The zero-order chi connectivity index (χ0) is 15.5. The van der Waals surface area contributed by atoms with E-state index in [4.69, 9.17) is 10.3 Å². The number of aromatic nitrogens is 2. The van der Waals surface area contributed by atoms with Crippen molar-refractivity contribution in [3.63, 3.8) is 0 Å². The van der Waals surface area contributed by atoms with Crippen LogP contribution in [0, 0.1) is 0 Å². The Kier molecular flexibility index (Phi) is 4.76. The maximum absolute atomic E-state index is 12.5. The molecule has 2 rings (SSSR count). The van der Waals surface area contributed by atoms with Crippen LogP contribution in [0.25, 0.3) is 0 Å². The normalized spacial score (nSPS) is 11.8. The summed E-state index contributed by atoms with van der Waals surface area (Å²) in [5, 5.41) is 3.81. The van der Waals surface area contributed by atoms with Crippen molar-refractivity contribution in [2.24, 2.45) is 0 Å². The summed E-state index contributed by atoms with van der Waals surface area (Å²) in [4.78, 5) is 4.74. The Bertz CT molecular complexity index is 613. The summed E-state index contributed by atoms with van der Waals surface area (Å²) >= 11 is 1.26. The second kappa shape index (κ2) is 6.38. The van der Waals surface area contributed by atoms with Crippen LogP contribution in [0.3, 0.4) is 0 Å². The van der Waals surface area contributed by atoms with Gasteiger partial charge in [-0.2, -0.15) is 18.2 Å². The number of nitrogens with two attached hydrogens (primary N) is 1. The average molecular weight is 317 g/mol. The van der Waals surface area contributed by atoms with Gasteiger partial charge < -0.3 is 10.3 Å². The molecule has 2 N–H and O–H groups in total. The minimum Gasteiger partial charge on any atom is -0.398 e. The van der Waals surface area contributed by atoms with Crippen LogP contribution in [0.5, 0.6) is 0 Å². The Morgan fingerprint density at radius 3 is 2.71 bits per heavy atom. The summed E-state index contributed by atoms with van der Waals surface area (Å²) in [7, 11) is 0. The van der Waals surface area contributed by atoms with Crippen LogP contribution in [0.15, 0.2) is 27.6 Å². The van der Waals surface area contributed by atoms with Crippen molar-refractivity contribution in [2.75, 3.05) is 5.73 Å². The smallest absolute Gasteiger partial charge is 0.398 e. The molecule has 114 valence electrons. The van der Waals surface area contributed by atoms with Crippen molar-refractivity contribution in [1.29, 1.82) is 0 Å². The van der Waals surface area contributed by atoms with Crippen LogP contribution < -0.4 is 5.73 Å². The lowest BCUT2D eigenvalue weighted by Gasteiger charge is -2.09. The van der Waals surface area contributed by atoms with Crippen molar-refractivity contribution < 1.29 is 17.7 Å². The van der Waals surface area contributed by atoms with Crippen molar-refractivity contribution >= 4 is 17.4 Å². The van der Waals surface area contributed by atoms with Crippen molar-refractivity contribution in [3.8, 4) is 0 Å². The monoisotopic (exact) mass is 317 g/mol. The van der Waals surface area contributed by atoms with Gasteiger partial charge in [-0.15, -0.1) is 11.8 Å².